The van der Waals surface area contributed by atoms with Crippen molar-refractivity contribution in [1.29, 1.82) is 0 Å². The number of aliphatic hydroxyl groups is 2. The third kappa shape index (κ3) is 5.72. The Kier molecular flexibility index (Phi) is 9.28. The van der Waals surface area contributed by atoms with Gasteiger partial charge in [-0.2, -0.15) is 0 Å². The quantitative estimate of drug-likeness (QED) is 0.292. The Morgan fingerprint density at radius 2 is 1.64 bits per heavy atom. The standard InChI is InChI=1S/C44H74N2O7/c1-26-20-29(37(40(8,9)49)51-27(2)47)52-35-34(26)41(10)16-17-44-25-43(44)15-14-32(39(6,7)30(43)12-13-31(44)42(41,11)36(35)48)53-33-24-45(18-19-50-33)21-28-22-46(23-28)38(3,4)5/h26,28-37,48-49H,12-25H2,1-11H3/t26-,29?,30+,31?,32+,33+,34+,35?,36+,37+,41-,42-,43?,44?/m1/s1. The number of esters is 1. The monoisotopic (exact) mass is 743 g/mol. The zero-order valence-corrected chi connectivity index (χ0v) is 35.1. The molecule has 8 rings (SSSR count). The van der Waals surface area contributed by atoms with Crippen molar-refractivity contribution >= 4 is 5.97 Å². The second-order valence-electron chi connectivity index (χ2n) is 22.4. The summed E-state index contributed by atoms with van der Waals surface area (Å²) in [5.74, 6) is 1.87. The molecular formula is C44H74N2O7. The van der Waals surface area contributed by atoms with Crippen molar-refractivity contribution in [2.75, 3.05) is 39.3 Å². The van der Waals surface area contributed by atoms with E-state index in [9.17, 15) is 15.0 Å². The highest BCUT2D eigenvalue weighted by Gasteiger charge is 2.84. The number of hydrogen-bond donors (Lipinski definition) is 2. The molecule has 302 valence electrons. The van der Waals surface area contributed by atoms with Crippen LogP contribution in [0.3, 0.4) is 0 Å². The molecule has 8 fully saturated rings. The van der Waals surface area contributed by atoms with Gasteiger partial charge in [-0.05, 0) is 137 Å². The number of carbonyl (C=O) groups is 1. The van der Waals surface area contributed by atoms with Crippen LogP contribution in [-0.4, -0.2) is 113 Å². The van der Waals surface area contributed by atoms with Crippen LogP contribution < -0.4 is 0 Å². The normalized spacial score (nSPS) is 49.0. The van der Waals surface area contributed by atoms with Gasteiger partial charge in [-0.15, -0.1) is 0 Å². The van der Waals surface area contributed by atoms with E-state index in [-0.39, 0.29) is 57.5 Å². The molecule has 0 aromatic rings. The molecule has 0 radical (unpaired) electrons. The van der Waals surface area contributed by atoms with Crippen molar-refractivity contribution in [3.63, 3.8) is 0 Å². The van der Waals surface area contributed by atoms with Crippen LogP contribution in [0.25, 0.3) is 0 Å². The molecule has 53 heavy (non-hydrogen) atoms. The number of nitrogens with zero attached hydrogens (tertiary/aromatic N) is 2. The average Bonchev–Trinajstić information content (AvgIpc) is 3.66. The van der Waals surface area contributed by atoms with Crippen LogP contribution in [0, 0.1) is 56.7 Å². The van der Waals surface area contributed by atoms with Crippen LogP contribution in [0.1, 0.15) is 128 Å². The maximum atomic E-state index is 12.6. The summed E-state index contributed by atoms with van der Waals surface area (Å²) in [5, 5.41) is 23.7. The Balaban J connectivity index is 0.966. The number of ether oxygens (including phenoxy) is 4. The Bertz CT molecular complexity index is 1420. The molecule has 2 spiro atoms. The Morgan fingerprint density at radius 3 is 2.30 bits per heavy atom. The molecule has 3 heterocycles. The summed E-state index contributed by atoms with van der Waals surface area (Å²) in [6, 6.07) is 0. The van der Waals surface area contributed by atoms with E-state index < -0.39 is 29.9 Å². The summed E-state index contributed by atoms with van der Waals surface area (Å²) in [5.41, 5.74) is -0.688. The summed E-state index contributed by atoms with van der Waals surface area (Å²) >= 11 is 0. The first-order valence-corrected chi connectivity index (χ1v) is 21.6. The minimum Gasteiger partial charge on any atom is -0.457 e. The molecule has 5 unspecified atom stereocenters. The van der Waals surface area contributed by atoms with Crippen LogP contribution in [0.4, 0.5) is 0 Å². The fraction of sp³-hybridized carbons (Fsp3) is 0.977. The lowest BCUT2D eigenvalue weighted by molar-refractivity contribution is -0.250. The molecule has 3 saturated heterocycles. The largest absolute Gasteiger partial charge is 0.457 e. The molecule has 0 bridgehead atoms. The van der Waals surface area contributed by atoms with Crippen LogP contribution in [0.15, 0.2) is 0 Å². The average molecular weight is 743 g/mol. The fourth-order valence-electron chi connectivity index (χ4n) is 15.3. The predicted molar refractivity (Wildman–Crippen MR) is 204 cm³/mol. The number of carbonyl (C=O) groups excluding carboxylic acids is 1. The number of hydrogen-bond acceptors (Lipinski definition) is 9. The van der Waals surface area contributed by atoms with Gasteiger partial charge in [0.05, 0.1) is 36.6 Å². The Morgan fingerprint density at radius 1 is 0.962 bits per heavy atom. The fourth-order valence-corrected chi connectivity index (χ4v) is 15.3. The van der Waals surface area contributed by atoms with Gasteiger partial charge in [-0.25, -0.2) is 0 Å². The molecule has 0 aromatic heterocycles. The van der Waals surface area contributed by atoms with Crippen molar-refractivity contribution in [3.8, 4) is 0 Å². The van der Waals surface area contributed by atoms with Gasteiger partial charge in [-0.1, -0.05) is 34.6 Å². The van der Waals surface area contributed by atoms with Crippen molar-refractivity contribution in [3.05, 3.63) is 0 Å². The van der Waals surface area contributed by atoms with Gasteiger partial charge in [0.2, 0.25) is 0 Å². The zero-order chi connectivity index (χ0) is 38.3. The molecule has 5 saturated carbocycles. The minimum absolute atomic E-state index is 0.0514. The summed E-state index contributed by atoms with van der Waals surface area (Å²) < 4.78 is 26.0. The van der Waals surface area contributed by atoms with E-state index in [2.05, 4.69) is 65.2 Å². The molecule has 0 amide bonds. The van der Waals surface area contributed by atoms with E-state index in [1.165, 1.54) is 45.7 Å². The second-order valence-corrected chi connectivity index (χ2v) is 22.4. The smallest absolute Gasteiger partial charge is 0.303 e. The van der Waals surface area contributed by atoms with Gasteiger partial charge in [0.1, 0.15) is 0 Å². The highest BCUT2D eigenvalue weighted by Crippen LogP contribution is 2.89. The summed E-state index contributed by atoms with van der Waals surface area (Å²) in [6.45, 7) is 30.1. The number of aliphatic hydroxyl groups excluding tert-OH is 1. The lowest BCUT2D eigenvalue weighted by atomic mass is 9.41. The van der Waals surface area contributed by atoms with Gasteiger partial charge in [0.15, 0.2) is 12.4 Å². The summed E-state index contributed by atoms with van der Waals surface area (Å²) in [4.78, 5) is 17.3. The molecule has 3 aliphatic heterocycles. The minimum atomic E-state index is -1.25. The van der Waals surface area contributed by atoms with Crippen molar-refractivity contribution in [2.24, 2.45) is 56.7 Å². The van der Waals surface area contributed by atoms with Gasteiger partial charge in [0.25, 0.3) is 0 Å². The first kappa shape index (κ1) is 39.0. The van der Waals surface area contributed by atoms with Crippen molar-refractivity contribution in [2.45, 2.75) is 175 Å². The van der Waals surface area contributed by atoms with Crippen LogP contribution >= 0.6 is 0 Å². The molecule has 0 aromatic carbocycles. The lowest BCUT2D eigenvalue weighted by Crippen LogP contribution is -2.61. The third-order valence-corrected chi connectivity index (χ3v) is 17.9. The number of rotatable bonds is 7. The van der Waals surface area contributed by atoms with E-state index in [0.29, 0.717) is 23.7 Å². The Hall–Kier alpha value is -0.810. The lowest BCUT2D eigenvalue weighted by Gasteiger charge is -2.64. The maximum absolute atomic E-state index is 12.6. The van der Waals surface area contributed by atoms with E-state index in [0.717, 1.165) is 51.4 Å². The molecule has 5 aliphatic carbocycles. The predicted octanol–water partition coefficient (Wildman–Crippen LogP) is 6.28. The zero-order valence-electron chi connectivity index (χ0n) is 35.1. The van der Waals surface area contributed by atoms with Gasteiger partial charge in [0, 0.05) is 50.6 Å². The topological polar surface area (TPSA) is 101 Å². The maximum Gasteiger partial charge on any atom is 0.303 e. The van der Waals surface area contributed by atoms with E-state index in [1.54, 1.807) is 13.8 Å². The van der Waals surface area contributed by atoms with Crippen molar-refractivity contribution < 1.29 is 34.0 Å². The molecule has 2 N–H and O–H groups in total. The highest BCUT2D eigenvalue weighted by molar-refractivity contribution is 5.66. The molecule has 9 heteroatoms. The molecular weight excluding hydrogens is 668 g/mol. The van der Waals surface area contributed by atoms with Gasteiger partial charge >= 0.3 is 5.97 Å². The summed E-state index contributed by atoms with van der Waals surface area (Å²) in [6.07, 6.45) is 6.83. The van der Waals surface area contributed by atoms with Gasteiger partial charge in [-0.3, -0.25) is 14.6 Å². The van der Waals surface area contributed by atoms with E-state index >= 15 is 0 Å². The molecule has 9 nitrogen and oxygen atoms in total. The first-order valence-electron chi connectivity index (χ1n) is 21.6. The Labute approximate surface area is 320 Å². The van der Waals surface area contributed by atoms with Crippen LogP contribution in [0.2, 0.25) is 0 Å². The SMILES string of the molecule is CC(=O)O[C@@H](C1C[C@@H](C)[C@H]2C(O1)[C@H](O)[C@@]1(C)C3CC[C@H]4C(C)(C)[C@@H](O[C@H]5CN(CC6CN(C(C)(C)C)C6)CCO5)CCC45CC35CC[C@]21C)C(C)(C)O. The molecule has 14 atom stereocenters. The van der Waals surface area contributed by atoms with E-state index in [1.807, 2.05) is 0 Å². The first-order chi connectivity index (χ1) is 24.6. The van der Waals surface area contributed by atoms with Crippen LogP contribution in [0.5, 0.6) is 0 Å². The summed E-state index contributed by atoms with van der Waals surface area (Å²) in [7, 11) is 0. The van der Waals surface area contributed by atoms with Crippen LogP contribution in [-0.2, 0) is 23.7 Å². The molecule has 8 aliphatic rings. The highest BCUT2D eigenvalue weighted by atomic mass is 16.7. The number of fused-ring (bicyclic) bond motifs is 4. The number of likely N-dealkylation sites (tertiary alicyclic amines) is 1. The van der Waals surface area contributed by atoms with Gasteiger partial charge < -0.3 is 29.2 Å². The van der Waals surface area contributed by atoms with Crippen molar-refractivity contribution in [1.82, 2.24) is 9.80 Å². The van der Waals surface area contributed by atoms with E-state index in [4.69, 9.17) is 18.9 Å². The third-order valence-electron chi connectivity index (χ3n) is 17.9. The second kappa shape index (κ2) is 12.6. The number of morpholine rings is 1.